The number of anilines is 1. The van der Waals surface area contributed by atoms with Crippen LogP contribution in [-0.4, -0.2) is 46.0 Å². The lowest BCUT2D eigenvalue weighted by molar-refractivity contribution is -0.119. The van der Waals surface area contributed by atoms with Crippen molar-refractivity contribution in [3.63, 3.8) is 0 Å². The van der Waals surface area contributed by atoms with E-state index < -0.39 is 21.9 Å². The molecule has 0 saturated carbocycles. The Hall–Kier alpha value is -3.11. The first-order valence-electron chi connectivity index (χ1n) is 11.5. The van der Waals surface area contributed by atoms with Crippen LogP contribution in [0.3, 0.4) is 0 Å². The third-order valence-electron chi connectivity index (χ3n) is 6.42. The van der Waals surface area contributed by atoms with Crippen LogP contribution in [-0.2, 0) is 27.8 Å². The summed E-state index contributed by atoms with van der Waals surface area (Å²) in [4.78, 5) is 13.1. The Morgan fingerprint density at radius 3 is 2.65 bits per heavy atom. The summed E-state index contributed by atoms with van der Waals surface area (Å²) in [6.45, 7) is 1.11. The van der Waals surface area contributed by atoms with E-state index >= 15 is 0 Å². The van der Waals surface area contributed by atoms with Crippen molar-refractivity contribution in [1.29, 1.82) is 0 Å². The summed E-state index contributed by atoms with van der Waals surface area (Å²) in [5.74, 6) is 0.850. The zero-order chi connectivity index (χ0) is 23.7. The molecule has 1 atom stereocenters. The van der Waals surface area contributed by atoms with E-state index in [1.807, 2.05) is 18.2 Å². The van der Waals surface area contributed by atoms with Crippen LogP contribution in [0.25, 0.3) is 11.4 Å². The number of rotatable bonds is 5. The van der Waals surface area contributed by atoms with Crippen LogP contribution in [0.5, 0.6) is 0 Å². The van der Waals surface area contributed by atoms with E-state index in [2.05, 4.69) is 20.1 Å². The second kappa shape index (κ2) is 9.27. The monoisotopic (exact) mass is 483 g/mol. The van der Waals surface area contributed by atoms with Crippen LogP contribution < -0.4 is 5.32 Å². The molecule has 2 aliphatic heterocycles. The van der Waals surface area contributed by atoms with Gasteiger partial charge in [0.15, 0.2) is 5.82 Å². The minimum Gasteiger partial charge on any atom is -0.325 e. The molecule has 178 valence electrons. The highest BCUT2D eigenvalue weighted by molar-refractivity contribution is 7.89. The Bertz CT molecular complexity index is 1310. The van der Waals surface area contributed by atoms with Crippen LogP contribution in [0.1, 0.15) is 37.9 Å². The maximum Gasteiger partial charge on any atom is 0.243 e. The smallest absolute Gasteiger partial charge is 0.243 e. The lowest BCUT2D eigenvalue weighted by Crippen LogP contribution is -2.43. The molecule has 0 aliphatic carbocycles. The number of hydrogen-bond acceptors (Lipinski definition) is 5. The number of sulfonamides is 1. The van der Waals surface area contributed by atoms with Gasteiger partial charge >= 0.3 is 0 Å². The molecule has 0 radical (unpaired) electrons. The summed E-state index contributed by atoms with van der Waals surface area (Å²) in [6, 6.07) is 11.2. The SMILES string of the molecule is O=C(Nc1cccc(-c2nnc3n2CCCCC3)c1)C1CCCN1S(=O)(=O)c1ccc(F)cc1. The fraction of sp³-hybridized carbons (Fsp3) is 0.375. The zero-order valence-electron chi connectivity index (χ0n) is 18.7. The van der Waals surface area contributed by atoms with Crippen molar-refractivity contribution in [2.45, 2.75) is 56.0 Å². The minimum absolute atomic E-state index is 0.0249. The number of carbonyl (C=O) groups is 1. The number of nitrogens with one attached hydrogen (secondary N) is 1. The molecule has 1 saturated heterocycles. The van der Waals surface area contributed by atoms with Crippen molar-refractivity contribution in [3.8, 4) is 11.4 Å². The maximum atomic E-state index is 13.3. The molecule has 1 fully saturated rings. The molecule has 0 spiro atoms. The predicted molar refractivity (Wildman–Crippen MR) is 125 cm³/mol. The molecule has 2 aliphatic rings. The molecule has 10 heteroatoms. The van der Waals surface area contributed by atoms with Crippen molar-refractivity contribution in [3.05, 3.63) is 60.2 Å². The van der Waals surface area contributed by atoms with Crippen molar-refractivity contribution in [2.24, 2.45) is 0 Å². The zero-order valence-corrected chi connectivity index (χ0v) is 19.5. The van der Waals surface area contributed by atoms with E-state index in [9.17, 15) is 17.6 Å². The predicted octanol–water partition coefficient (Wildman–Crippen LogP) is 3.60. The van der Waals surface area contributed by atoms with Gasteiger partial charge in [-0.05, 0) is 62.1 Å². The summed E-state index contributed by atoms with van der Waals surface area (Å²) in [7, 11) is -3.92. The molecule has 0 bridgehead atoms. The molecule has 3 heterocycles. The average molecular weight is 484 g/mol. The van der Waals surface area contributed by atoms with Crippen molar-refractivity contribution in [1.82, 2.24) is 19.1 Å². The second-order valence-electron chi connectivity index (χ2n) is 8.70. The van der Waals surface area contributed by atoms with Gasteiger partial charge in [-0.25, -0.2) is 12.8 Å². The van der Waals surface area contributed by atoms with Gasteiger partial charge in [0, 0.05) is 30.8 Å². The van der Waals surface area contributed by atoms with E-state index in [-0.39, 0.29) is 17.3 Å². The van der Waals surface area contributed by atoms with Crippen LogP contribution in [0.15, 0.2) is 53.4 Å². The number of nitrogens with zero attached hydrogens (tertiary/aromatic N) is 4. The minimum atomic E-state index is -3.92. The quantitative estimate of drug-likeness (QED) is 0.598. The van der Waals surface area contributed by atoms with Crippen molar-refractivity contribution >= 4 is 21.6 Å². The number of aromatic nitrogens is 3. The first-order chi connectivity index (χ1) is 16.4. The van der Waals surface area contributed by atoms with Gasteiger partial charge in [0.25, 0.3) is 0 Å². The van der Waals surface area contributed by atoms with E-state index in [0.29, 0.717) is 18.5 Å². The van der Waals surface area contributed by atoms with E-state index in [4.69, 9.17) is 0 Å². The third-order valence-corrected chi connectivity index (χ3v) is 8.35. The van der Waals surface area contributed by atoms with Crippen LogP contribution in [0, 0.1) is 5.82 Å². The number of fused-ring (bicyclic) bond motifs is 1. The van der Waals surface area contributed by atoms with Gasteiger partial charge in [0.05, 0.1) is 4.90 Å². The molecular weight excluding hydrogens is 457 g/mol. The largest absolute Gasteiger partial charge is 0.325 e. The summed E-state index contributed by atoms with van der Waals surface area (Å²) in [5, 5.41) is 11.6. The van der Waals surface area contributed by atoms with Gasteiger partial charge in [-0.15, -0.1) is 10.2 Å². The van der Waals surface area contributed by atoms with E-state index in [0.717, 1.165) is 61.6 Å². The first-order valence-corrected chi connectivity index (χ1v) is 13.0. The van der Waals surface area contributed by atoms with Crippen LogP contribution in [0.2, 0.25) is 0 Å². The van der Waals surface area contributed by atoms with Crippen LogP contribution >= 0.6 is 0 Å². The van der Waals surface area contributed by atoms with Gasteiger partial charge in [-0.2, -0.15) is 4.31 Å². The Balaban J connectivity index is 1.36. The average Bonchev–Trinajstić information content (AvgIpc) is 3.42. The summed E-state index contributed by atoms with van der Waals surface area (Å²) in [6.07, 6.45) is 5.25. The number of aryl methyl sites for hydroxylation is 1. The summed E-state index contributed by atoms with van der Waals surface area (Å²) < 4.78 is 42.8. The van der Waals surface area contributed by atoms with Gasteiger partial charge in [0.2, 0.25) is 15.9 Å². The fourth-order valence-corrected chi connectivity index (χ4v) is 6.35. The molecule has 1 amide bonds. The lowest BCUT2D eigenvalue weighted by Gasteiger charge is -2.23. The molecule has 3 aromatic rings. The van der Waals surface area contributed by atoms with Gasteiger partial charge in [-0.1, -0.05) is 18.6 Å². The highest BCUT2D eigenvalue weighted by atomic mass is 32.2. The van der Waals surface area contributed by atoms with Crippen molar-refractivity contribution in [2.75, 3.05) is 11.9 Å². The highest BCUT2D eigenvalue weighted by Crippen LogP contribution is 2.29. The molecule has 8 nitrogen and oxygen atoms in total. The Morgan fingerprint density at radius 2 is 1.82 bits per heavy atom. The number of halogens is 1. The Labute approximate surface area is 197 Å². The summed E-state index contributed by atoms with van der Waals surface area (Å²) >= 11 is 0. The topological polar surface area (TPSA) is 97.2 Å². The van der Waals surface area contributed by atoms with Gasteiger partial charge < -0.3 is 9.88 Å². The molecule has 1 unspecified atom stereocenters. The number of carbonyl (C=O) groups excluding carboxylic acids is 1. The summed E-state index contributed by atoms with van der Waals surface area (Å²) in [5.41, 5.74) is 1.42. The maximum absolute atomic E-state index is 13.3. The molecule has 5 rings (SSSR count). The number of hydrogen-bond donors (Lipinski definition) is 1. The van der Waals surface area contributed by atoms with E-state index in [1.54, 1.807) is 6.07 Å². The Morgan fingerprint density at radius 1 is 1.00 bits per heavy atom. The molecule has 1 N–H and O–H groups in total. The standard InChI is InChI=1S/C24H26FN5O3S/c25-18-10-12-20(13-11-18)34(32,33)30-15-5-8-21(30)24(31)26-19-7-4-6-17(16-19)23-28-27-22-9-2-1-3-14-29(22)23/h4,6-7,10-13,16,21H,1-3,5,8-9,14-15H2,(H,26,31). The molecule has 34 heavy (non-hydrogen) atoms. The van der Waals surface area contributed by atoms with Crippen LogP contribution in [0.4, 0.5) is 10.1 Å². The fourth-order valence-electron chi connectivity index (χ4n) is 4.69. The lowest BCUT2D eigenvalue weighted by atomic mass is 10.1. The highest BCUT2D eigenvalue weighted by Gasteiger charge is 2.39. The van der Waals surface area contributed by atoms with E-state index in [1.165, 1.54) is 16.4 Å². The number of benzene rings is 2. The normalized spacial score (nSPS) is 18.9. The van der Waals surface area contributed by atoms with Gasteiger partial charge in [-0.3, -0.25) is 4.79 Å². The third kappa shape index (κ3) is 4.35. The Kier molecular flexibility index (Phi) is 6.18. The molecule has 2 aromatic carbocycles. The second-order valence-corrected chi connectivity index (χ2v) is 10.6. The van der Waals surface area contributed by atoms with Crippen molar-refractivity contribution < 1.29 is 17.6 Å². The molecule has 1 aromatic heterocycles. The first kappa shape index (κ1) is 22.7. The van der Waals surface area contributed by atoms with Gasteiger partial charge in [0.1, 0.15) is 17.7 Å². The number of amides is 1. The molecular formula is C24H26FN5O3S.